The van der Waals surface area contributed by atoms with Gasteiger partial charge in [0.1, 0.15) is 0 Å². The van der Waals surface area contributed by atoms with E-state index < -0.39 is 0 Å². The van der Waals surface area contributed by atoms with E-state index in [4.69, 9.17) is 9.47 Å². The van der Waals surface area contributed by atoms with E-state index in [1.165, 1.54) is 55.2 Å². The normalized spacial score (nSPS) is 26.7. The Morgan fingerprint density at radius 2 is 1.74 bits per heavy atom. The number of hydrogen-bond donors (Lipinski definition) is 1. The van der Waals surface area contributed by atoms with Crippen LogP contribution in [0.1, 0.15) is 73.0 Å². The molecule has 4 atom stereocenters. The maximum atomic E-state index is 13.2. The molecule has 39 heavy (non-hydrogen) atoms. The third-order valence-electron chi connectivity index (χ3n) is 10.4. The Bertz CT molecular complexity index is 1390. The summed E-state index contributed by atoms with van der Waals surface area (Å²) in [4.78, 5) is 13.2. The molecule has 1 unspecified atom stereocenters. The summed E-state index contributed by atoms with van der Waals surface area (Å²) in [5.74, 6) is 5.01. The Kier molecular flexibility index (Phi) is 6.17. The fraction of sp³-hybridized carbons (Fsp3) is 0.457. The van der Waals surface area contributed by atoms with Gasteiger partial charge in [-0.3, -0.25) is 4.79 Å². The van der Waals surface area contributed by atoms with Gasteiger partial charge in [-0.15, -0.1) is 0 Å². The fourth-order valence-corrected chi connectivity index (χ4v) is 7.65. The van der Waals surface area contributed by atoms with E-state index in [0.717, 1.165) is 52.4 Å². The molecule has 1 amide bonds. The maximum Gasteiger partial charge on any atom is 0.251 e. The van der Waals surface area contributed by atoms with Crippen molar-refractivity contribution in [3.8, 4) is 22.6 Å². The van der Waals surface area contributed by atoms with Gasteiger partial charge in [-0.1, -0.05) is 63.1 Å². The predicted molar refractivity (Wildman–Crippen MR) is 154 cm³/mol. The van der Waals surface area contributed by atoms with E-state index in [0.29, 0.717) is 12.5 Å². The van der Waals surface area contributed by atoms with Crippen molar-refractivity contribution < 1.29 is 14.3 Å². The number of amides is 1. The van der Waals surface area contributed by atoms with Crippen molar-refractivity contribution in [1.29, 1.82) is 0 Å². The summed E-state index contributed by atoms with van der Waals surface area (Å²) in [6.45, 7) is 5.86. The van der Waals surface area contributed by atoms with Crippen LogP contribution in [0.25, 0.3) is 11.1 Å². The SMILES string of the molecule is C[C@H]1[C@H]2Cc3ccc(C(=O)NCCc4ccc(-c5ccc6c(c5)OCO6)cc4)cc3[C@]1(C)CCC2CC1CC1. The summed E-state index contributed by atoms with van der Waals surface area (Å²) in [5, 5.41) is 3.17. The lowest BCUT2D eigenvalue weighted by Crippen LogP contribution is -2.48. The summed E-state index contributed by atoms with van der Waals surface area (Å²) < 4.78 is 10.9. The molecule has 2 fully saturated rings. The Morgan fingerprint density at radius 3 is 2.56 bits per heavy atom. The van der Waals surface area contributed by atoms with Gasteiger partial charge in [-0.25, -0.2) is 0 Å². The molecule has 4 nitrogen and oxygen atoms in total. The molecule has 7 rings (SSSR count). The molecular formula is C35H39NO3. The summed E-state index contributed by atoms with van der Waals surface area (Å²) in [7, 11) is 0. The lowest BCUT2D eigenvalue weighted by Gasteiger charge is -2.53. The third-order valence-corrected chi connectivity index (χ3v) is 10.4. The molecule has 2 saturated carbocycles. The summed E-state index contributed by atoms with van der Waals surface area (Å²) >= 11 is 0. The molecule has 0 spiro atoms. The third kappa shape index (κ3) is 4.62. The highest BCUT2D eigenvalue weighted by Crippen LogP contribution is 2.56. The first-order chi connectivity index (χ1) is 19.0. The minimum atomic E-state index is 0.0376. The van der Waals surface area contributed by atoms with Gasteiger partial charge in [0, 0.05) is 12.1 Å². The van der Waals surface area contributed by atoms with Crippen LogP contribution in [-0.4, -0.2) is 19.2 Å². The molecular weight excluding hydrogens is 482 g/mol. The molecule has 202 valence electrons. The summed E-state index contributed by atoms with van der Waals surface area (Å²) in [5.41, 5.74) is 7.37. The molecule has 1 N–H and O–H groups in total. The highest BCUT2D eigenvalue weighted by atomic mass is 16.7. The van der Waals surface area contributed by atoms with E-state index in [2.05, 4.69) is 67.7 Å². The van der Waals surface area contributed by atoms with Gasteiger partial charge in [-0.05, 0) is 113 Å². The largest absolute Gasteiger partial charge is 0.454 e. The zero-order chi connectivity index (χ0) is 26.6. The number of ether oxygens (including phenoxy) is 2. The number of nitrogens with one attached hydrogen (secondary N) is 1. The Hall–Kier alpha value is -3.27. The minimum Gasteiger partial charge on any atom is -0.454 e. The lowest BCUT2D eigenvalue weighted by molar-refractivity contribution is 0.0594. The zero-order valence-electron chi connectivity index (χ0n) is 23.2. The number of fused-ring (bicyclic) bond motifs is 5. The lowest BCUT2D eigenvalue weighted by atomic mass is 9.51. The number of carbonyl (C=O) groups excluding carboxylic acids is 1. The Balaban J connectivity index is 0.985. The van der Waals surface area contributed by atoms with Gasteiger partial charge in [0.15, 0.2) is 11.5 Å². The van der Waals surface area contributed by atoms with E-state index in [1.807, 2.05) is 12.1 Å². The summed E-state index contributed by atoms with van der Waals surface area (Å²) in [6, 6.07) is 21.1. The standard InChI is InChI=1S/C35H39NO3/c1-22-30-18-28-9-10-29(19-31(28)35(22,2)15-13-27(30)17-24-3-4-24)34(37)36-16-14-23-5-7-25(8-6-23)26-11-12-32-33(20-26)39-21-38-32/h5-12,19-20,22,24,27,30H,3-4,13-18,21H2,1-2H3,(H,36,37)/t22-,27?,30+,35+/m0/s1. The molecule has 4 heteroatoms. The first kappa shape index (κ1) is 24.7. The van der Waals surface area contributed by atoms with Crippen molar-refractivity contribution in [2.45, 2.75) is 64.2 Å². The molecule has 3 aromatic carbocycles. The van der Waals surface area contributed by atoms with Crippen molar-refractivity contribution in [3.05, 3.63) is 82.9 Å². The van der Waals surface area contributed by atoms with E-state index in [9.17, 15) is 4.79 Å². The Labute approximate surface area is 232 Å². The van der Waals surface area contributed by atoms with Crippen LogP contribution >= 0.6 is 0 Å². The first-order valence-corrected chi connectivity index (χ1v) is 14.9. The van der Waals surface area contributed by atoms with E-state index >= 15 is 0 Å². The molecule has 0 radical (unpaired) electrons. The first-order valence-electron chi connectivity index (χ1n) is 14.9. The number of carbonyl (C=O) groups is 1. The highest BCUT2D eigenvalue weighted by molar-refractivity contribution is 5.94. The van der Waals surface area contributed by atoms with Crippen molar-refractivity contribution in [3.63, 3.8) is 0 Å². The number of benzene rings is 3. The monoisotopic (exact) mass is 521 g/mol. The van der Waals surface area contributed by atoms with Crippen LogP contribution in [0.3, 0.4) is 0 Å². The quantitative estimate of drug-likeness (QED) is 0.354. The fourth-order valence-electron chi connectivity index (χ4n) is 7.65. The van der Waals surface area contributed by atoms with Crippen LogP contribution in [-0.2, 0) is 18.3 Å². The molecule has 3 aliphatic carbocycles. The van der Waals surface area contributed by atoms with Gasteiger partial charge >= 0.3 is 0 Å². The van der Waals surface area contributed by atoms with Crippen molar-refractivity contribution >= 4 is 5.91 Å². The van der Waals surface area contributed by atoms with Gasteiger partial charge < -0.3 is 14.8 Å². The topological polar surface area (TPSA) is 47.6 Å². The maximum absolute atomic E-state index is 13.2. The second-order valence-electron chi connectivity index (χ2n) is 12.7. The van der Waals surface area contributed by atoms with E-state index in [1.54, 1.807) is 0 Å². The molecule has 0 saturated heterocycles. The van der Waals surface area contributed by atoms with Crippen LogP contribution in [0.5, 0.6) is 11.5 Å². The smallest absolute Gasteiger partial charge is 0.251 e. The number of rotatable bonds is 7. The Morgan fingerprint density at radius 1 is 0.949 bits per heavy atom. The van der Waals surface area contributed by atoms with Crippen molar-refractivity contribution in [1.82, 2.24) is 5.32 Å². The van der Waals surface area contributed by atoms with Crippen LogP contribution in [0.2, 0.25) is 0 Å². The van der Waals surface area contributed by atoms with Gasteiger partial charge in [0.25, 0.3) is 5.91 Å². The average molecular weight is 522 g/mol. The predicted octanol–water partition coefficient (Wildman–Crippen LogP) is 7.33. The van der Waals surface area contributed by atoms with Crippen molar-refractivity contribution in [2.24, 2.45) is 23.7 Å². The minimum absolute atomic E-state index is 0.0376. The summed E-state index contributed by atoms with van der Waals surface area (Å²) in [6.07, 6.45) is 8.95. The molecule has 3 aromatic rings. The van der Waals surface area contributed by atoms with Crippen LogP contribution in [0.15, 0.2) is 60.7 Å². The average Bonchev–Trinajstić information content (AvgIpc) is 3.65. The van der Waals surface area contributed by atoms with Gasteiger partial charge in [-0.2, -0.15) is 0 Å². The zero-order valence-corrected chi connectivity index (χ0v) is 23.2. The molecule has 4 aliphatic rings. The highest BCUT2D eigenvalue weighted by Gasteiger charge is 2.49. The van der Waals surface area contributed by atoms with E-state index in [-0.39, 0.29) is 18.1 Å². The number of hydrogen-bond acceptors (Lipinski definition) is 3. The van der Waals surface area contributed by atoms with Crippen LogP contribution in [0.4, 0.5) is 0 Å². The molecule has 2 bridgehead atoms. The molecule has 1 heterocycles. The second kappa shape index (κ2) is 9.73. The molecule has 1 aliphatic heterocycles. The van der Waals surface area contributed by atoms with Crippen molar-refractivity contribution in [2.75, 3.05) is 13.3 Å². The van der Waals surface area contributed by atoms with Crippen LogP contribution in [0, 0.1) is 23.7 Å². The second-order valence-corrected chi connectivity index (χ2v) is 12.7. The van der Waals surface area contributed by atoms with Crippen LogP contribution < -0.4 is 14.8 Å². The van der Waals surface area contributed by atoms with Gasteiger partial charge in [0.05, 0.1) is 0 Å². The van der Waals surface area contributed by atoms with Gasteiger partial charge in [0.2, 0.25) is 6.79 Å². The molecule has 0 aromatic heterocycles.